The molecule has 4 heteroatoms. The van der Waals surface area contributed by atoms with E-state index >= 15 is 0 Å². The first-order chi connectivity index (χ1) is 6.29. The van der Waals surface area contributed by atoms with Crippen molar-refractivity contribution in [2.75, 3.05) is 0 Å². The number of aliphatic carboxylic acids is 1. The van der Waals surface area contributed by atoms with Gasteiger partial charge in [0, 0.05) is 0 Å². The van der Waals surface area contributed by atoms with E-state index in [-0.39, 0.29) is 11.1 Å². The molecule has 0 fully saturated rings. The summed E-state index contributed by atoms with van der Waals surface area (Å²) in [6, 6.07) is 0. The fourth-order valence-corrected chi connectivity index (χ4v) is 1.19. The second-order valence-electron chi connectivity index (χ2n) is 3.42. The molecule has 0 atom stereocenters. The van der Waals surface area contributed by atoms with Gasteiger partial charge in [0.25, 0.3) is 0 Å². The lowest BCUT2D eigenvalue weighted by molar-refractivity contribution is -0.133. The molecule has 0 bridgehead atoms. The minimum absolute atomic E-state index is 0.00231. The van der Waals surface area contributed by atoms with Crippen molar-refractivity contribution in [3.8, 4) is 0 Å². The van der Waals surface area contributed by atoms with Crippen molar-refractivity contribution in [1.82, 2.24) is 0 Å². The van der Waals surface area contributed by atoms with Crippen LogP contribution in [0.4, 0.5) is 0 Å². The fraction of sp³-hybridized carbons (Fsp3) is 0.400. The third-order valence-electron chi connectivity index (χ3n) is 1.71. The lowest BCUT2D eigenvalue weighted by Gasteiger charge is -2.08. The molecule has 0 aromatic carbocycles. The van der Waals surface area contributed by atoms with Crippen molar-refractivity contribution in [3.63, 3.8) is 0 Å². The average Bonchev–Trinajstić information content (AvgIpc) is 1.96. The number of rotatable bonds is 3. The number of hydrogen-bond donors (Lipinski definition) is 2. The van der Waals surface area contributed by atoms with Crippen molar-refractivity contribution >= 4 is 11.9 Å². The van der Waals surface area contributed by atoms with Gasteiger partial charge < -0.3 is 10.8 Å². The van der Waals surface area contributed by atoms with Gasteiger partial charge in [-0.15, -0.1) is 0 Å². The molecule has 0 unspecified atom stereocenters. The number of primary amides is 1. The summed E-state index contributed by atoms with van der Waals surface area (Å²) in [5.41, 5.74) is 6.38. The standard InChI is InChI=1S/C10H15NO3/c1-5(2)7(9(11)12)8(6(3)4)10(13)14/h1-4H3,(H2,11,12)(H,13,14). The Hall–Kier alpha value is -1.58. The van der Waals surface area contributed by atoms with Crippen molar-refractivity contribution in [2.24, 2.45) is 5.73 Å². The zero-order valence-corrected chi connectivity index (χ0v) is 8.84. The Morgan fingerprint density at radius 1 is 0.929 bits per heavy atom. The number of carboxylic acid groups (broad SMARTS) is 1. The molecule has 78 valence electrons. The maximum atomic E-state index is 11.1. The van der Waals surface area contributed by atoms with Crippen LogP contribution in [0.15, 0.2) is 22.3 Å². The van der Waals surface area contributed by atoms with E-state index in [0.29, 0.717) is 11.1 Å². The van der Waals surface area contributed by atoms with Crippen molar-refractivity contribution in [3.05, 3.63) is 22.3 Å². The maximum absolute atomic E-state index is 11.1. The maximum Gasteiger partial charge on any atom is 0.336 e. The highest BCUT2D eigenvalue weighted by Gasteiger charge is 2.20. The molecule has 0 heterocycles. The number of nitrogens with two attached hydrogens (primary N) is 1. The Morgan fingerprint density at radius 3 is 1.36 bits per heavy atom. The van der Waals surface area contributed by atoms with Gasteiger partial charge in [-0.25, -0.2) is 4.79 Å². The second-order valence-corrected chi connectivity index (χ2v) is 3.42. The van der Waals surface area contributed by atoms with Gasteiger partial charge in [0.15, 0.2) is 0 Å². The van der Waals surface area contributed by atoms with Crippen LogP contribution >= 0.6 is 0 Å². The number of carbonyl (C=O) groups excluding carboxylic acids is 1. The first kappa shape index (κ1) is 12.4. The third kappa shape index (κ3) is 2.73. The zero-order valence-electron chi connectivity index (χ0n) is 8.84. The quantitative estimate of drug-likeness (QED) is 0.527. The van der Waals surface area contributed by atoms with Gasteiger partial charge in [-0.1, -0.05) is 11.1 Å². The van der Waals surface area contributed by atoms with E-state index in [9.17, 15) is 9.59 Å². The van der Waals surface area contributed by atoms with Gasteiger partial charge in [0.1, 0.15) is 0 Å². The Kier molecular flexibility index (Phi) is 4.08. The molecule has 0 rings (SSSR count). The Labute approximate surface area is 83.1 Å². The highest BCUT2D eigenvalue weighted by molar-refractivity contribution is 6.08. The fourth-order valence-electron chi connectivity index (χ4n) is 1.19. The molecule has 0 aromatic rings. The summed E-state index contributed by atoms with van der Waals surface area (Å²) in [7, 11) is 0. The number of carbonyl (C=O) groups is 2. The van der Waals surface area contributed by atoms with E-state index in [1.807, 2.05) is 0 Å². The lowest BCUT2D eigenvalue weighted by atomic mass is 9.97. The van der Waals surface area contributed by atoms with Crippen LogP contribution in [-0.4, -0.2) is 17.0 Å². The number of amides is 1. The number of carboxylic acids is 1. The van der Waals surface area contributed by atoms with E-state index in [2.05, 4.69) is 0 Å². The van der Waals surface area contributed by atoms with E-state index in [1.165, 1.54) is 0 Å². The first-order valence-electron chi connectivity index (χ1n) is 4.17. The van der Waals surface area contributed by atoms with Crippen LogP contribution < -0.4 is 5.73 Å². The SMILES string of the molecule is CC(C)=C(C(N)=O)C(C(=O)O)=C(C)C. The Morgan fingerprint density at radius 2 is 1.29 bits per heavy atom. The van der Waals surface area contributed by atoms with Crippen LogP contribution in [-0.2, 0) is 9.59 Å². The largest absolute Gasteiger partial charge is 0.478 e. The summed E-state index contributed by atoms with van der Waals surface area (Å²) in [6.07, 6.45) is 0. The van der Waals surface area contributed by atoms with Crippen LogP contribution in [0.2, 0.25) is 0 Å². The van der Waals surface area contributed by atoms with Gasteiger partial charge in [-0.3, -0.25) is 4.79 Å². The Balaban J connectivity index is 5.66. The smallest absolute Gasteiger partial charge is 0.336 e. The number of hydrogen-bond acceptors (Lipinski definition) is 2. The van der Waals surface area contributed by atoms with Crippen LogP contribution in [0.5, 0.6) is 0 Å². The molecular weight excluding hydrogens is 182 g/mol. The first-order valence-corrected chi connectivity index (χ1v) is 4.17. The molecule has 0 radical (unpaired) electrons. The van der Waals surface area contributed by atoms with Crippen molar-refractivity contribution < 1.29 is 14.7 Å². The van der Waals surface area contributed by atoms with Gasteiger partial charge in [0.2, 0.25) is 5.91 Å². The normalized spacial score (nSPS) is 9.14. The van der Waals surface area contributed by atoms with E-state index in [4.69, 9.17) is 10.8 Å². The van der Waals surface area contributed by atoms with Gasteiger partial charge >= 0.3 is 5.97 Å². The van der Waals surface area contributed by atoms with Gasteiger partial charge in [0.05, 0.1) is 11.1 Å². The zero-order chi connectivity index (χ0) is 11.5. The summed E-state index contributed by atoms with van der Waals surface area (Å²) < 4.78 is 0. The predicted octanol–water partition coefficient (Wildman–Crippen LogP) is 1.23. The van der Waals surface area contributed by atoms with E-state index in [0.717, 1.165) is 0 Å². The van der Waals surface area contributed by atoms with Crippen LogP contribution in [0.25, 0.3) is 0 Å². The average molecular weight is 197 g/mol. The third-order valence-corrected chi connectivity index (χ3v) is 1.71. The number of allylic oxidation sites excluding steroid dienone is 2. The molecule has 0 saturated carbocycles. The van der Waals surface area contributed by atoms with Crippen LogP contribution in [0, 0.1) is 0 Å². The van der Waals surface area contributed by atoms with Crippen LogP contribution in [0.1, 0.15) is 27.7 Å². The summed E-state index contributed by atoms with van der Waals surface area (Å²) in [4.78, 5) is 21.9. The summed E-state index contributed by atoms with van der Waals surface area (Å²) in [6.45, 7) is 6.59. The molecule has 4 nitrogen and oxygen atoms in total. The van der Waals surface area contributed by atoms with Gasteiger partial charge in [-0.2, -0.15) is 0 Å². The lowest BCUT2D eigenvalue weighted by Crippen LogP contribution is -2.21. The predicted molar refractivity (Wildman–Crippen MR) is 53.6 cm³/mol. The van der Waals surface area contributed by atoms with Crippen molar-refractivity contribution in [1.29, 1.82) is 0 Å². The Bertz CT molecular complexity index is 295. The minimum Gasteiger partial charge on any atom is -0.478 e. The molecule has 0 spiro atoms. The highest BCUT2D eigenvalue weighted by atomic mass is 16.4. The van der Waals surface area contributed by atoms with E-state index < -0.39 is 11.9 Å². The molecular formula is C10H15NO3. The topological polar surface area (TPSA) is 80.4 Å². The van der Waals surface area contributed by atoms with Crippen molar-refractivity contribution in [2.45, 2.75) is 27.7 Å². The summed E-state index contributed by atoms with van der Waals surface area (Å²) in [5.74, 6) is -1.83. The molecule has 0 aliphatic rings. The second kappa shape index (κ2) is 4.60. The molecule has 1 amide bonds. The molecule has 3 N–H and O–H groups in total. The molecule has 14 heavy (non-hydrogen) atoms. The molecule has 0 aliphatic carbocycles. The van der Waals surface area contributed by atoms with Crippen LogP contribution in [0.3, 0.4) is 0 Å². The highest BCUT2D eigenvalue weighted by Crippen LogP contribution is 2.18. The summed E-state index contributed by atoms with van der Waals surface area (Å²) >= 11 is 0. The summed E-state index contributed by atoms with van der Waals surface area (Å²) in [5, 5.41) is 8.91. The minimum atomic E-state index is -1.13. The molecule has 0 saturated heterocycles. The van der Waals surface area contributed by atoms with Gasteiger partial charge in [-0.05, 0) is 27.7 Å². The van der Waals surface area contributed by atoms with E-state index in [1.54, 1.807) is 27.7 Å². The monoisotopic (exact) mass is 197 g/mol. The molecule has 0 aromatic heterocycles. The molecule has 0 aliphatic heterocycles.